The van der Waals surface area contributed by atoms with Crippen LogP contribution < -0.4 is 0 Å². The number of ether oxygens (including phenoxy) is 1. The van der Waals surface area contributed by atoms with E-state index >= 15 is 0 Å². The average Bonchev–Trinajstić information content (AvgIpc) is 3.15. The third-order valence-electron chi connectivity index (χ3n) is 5.42. The lowest BCUT2D eigenvalue weighted by atomic mass is 9.97. The second-order valence-corrected chi connectivity index (χ2v) is 8.28. The fourth-order valence-electron chi connectivity index (χ4n) is 4.02. The van der Waals surface area contributed by atoms with E-state index in [0.29, 0.717) is 33.4 Å². The molecule has 0 saturated carbocycles. The van der Waals surface area contributed by atoms with E-state index in [1.807, 2.05) is 18.4 Å². The van der Waals surface area contributed by atoms with Crippen LogP contribution in [-0.4, -0.2) is 21.9 Å². The zero-order chi connectivity index (χ0) is 20.3. The molecule has 0 spiro atoms. The number of benzene rings is 1. The van der Waals surface area contributed by atoms with Gasteiger partial charge in [0.1, 0.15) is 28.6 Å². The first kappa shape index (κ1) is 18.6. The molecule has 3 aromatic rings. The molecular formula is C21H18F3N3OS. The monoisotopic (exact) mass is 417 g/mol. The van der Waals surface area contributed by atoms with Gasteiger partial charge in [0, 0.05) is 22.4 Å². The number of aromatic nitrogens is 2. The SMILES string of the molecule is Cc1ncc2n1-c1sc3c(c1C(c1c(F)cccc1F)=N[C@H]2C)COCC[C@H]3F. The molecule has 0 radical (unpaired) electrons. The summed E-state index contributed by atoms with van der Waals surface area (Å²) in [7, 11) is 0. The van der Waals surface area contributed by atoms with Gasteiger partial charge in [0.15, 0.2) is 0 Å². The van der Waals surface area contributed by atoms with E-state index in [1.165, 1.54) is 29.5 Å². The summed E-state index contributed by atoms with van der Waals surface area (Å²) < 4.78 is 52.0. The van der Waals surface area contributed by atoms with Gasteiger partial charge < -0.3 is 4.74 Å². The number of aryl methyl sites for hydroxylation is 1. The van der Waals surface area contributed by atoms with Crippen molar-refractivity contribution in [1.29, 1.82) is 0 Å². The molecule has 0 bridgehead atoms. The number of hydrogen-bond donors (Lipinski definition) is 0. The third kappa shape index (κ3) is 2.77. The van der Waals surface area contributed by atoms with Crippen molar-refractivity contribution in [3.8, 4) is 5.00 Å². The summed E-state index contributed by atoms with van der Waals surface area (Å²) in [6, 6.07) is 3.36. The number of alkyl halides is 1. The van der Waals surface area contributed by atoms with Gasteiger partial charge in [-0.1, -0.05) is 6.07 Å². The Morgan fingerprint density at radius 2 is 1.97 bits per heavy atom. The maximum atomic E-state index is 14.9. The molecule has 1 aromatic carbocycles. The Morgan fingerprint density at radius 3 is 2.72 bits per heavy atom. The lowest BCUT2D eigenvalue weighted by molar-refractivity contribution is 0.112. The summed E-state index contributed by atoms with van der Waals surface area (Å²) in [5, 5.41) is 0.680. The topological polar surface area (TPSA) is 39.4 Å². The Labute approximate surface area is 169 Å². The molecule has 0 saturated heterocycles. The van der Waals surface area contributed by atoms with Crippen LogP contribution in [0.25, 0.3) is 5.00 Å². The molecular weight excluding hydrogens is 399 g/mol. The van der Waals surface area contributed by atoms with E-state index in [4.69, 9.17) is 9.73 Å². The molecule has 4 heterocycles. The van der Waals surface area contributed by atoms with E-state index in [0.717, 1.165) is 5.69 Å². The van der Waals surface area contributed by atoms with Gasteiger partial charge in [-0.15, -0.1) is 11.3 Å². The van der Waals surface area contributed by atoms with Crippen LogP contribution in [0.3, 0.4) is 0 Å². The molecule has 2 aliphatic heterocycles. The Morgan fingerprint density at radius 1 is 1.21 bits per heavy atom. The number of hydrogen-bond acceptors (Lipinski definition) is 4. The van der Waals surface area contributed by atoms with Crippen molar-refractivity contribution < 1.29 is 17.9 Å². The van der Waals surface area contributed by atoms with Gasteiger partial charge in [-0.25, -0.2) is 18.2 Å². The normalized spacial score (nSPS) is 20.9. The predicted molar refractivity (Wildman–Crippen MR) is 105 cm³/mol. The average molecular weight is 417 g/mol. The highest BCUT2D eigenvalue weighted by Gasteiger charge is 2.35. The zero-order valence-corrected chi connectivity index (χ0v) is 16.7. The molecule has 2 atom stereocenters. The molecule has 29 heavy (non-hydrogen) atoms. The van der Waals surface area contributed by atoms with Gasteiger partial charge in [0.25, 0.3) is 0 Å². The summed E-state index contributed by atoms with van der Waals surface area (Å²) in [5.74, 6) is -0.685. The van der Waals surface area contributed by atoms with Crippen LogP contribution in [0.4, 0.5) is 13.2 Å². The van der Waals surface area contributed by atoms with Crippen LogP contribution in [0.2, 0.25) is 0 Å². The summed E-state index contributed by atoms with van der Waals surface area (Å²) in [6.07, 6.45) is 0.766. The largest absolute Gasteiger partial charge is 0.377 e. The van der Waals surface area contributed by atoms with Crippen LogP contribution in [-0.2, 0) is 11.3 Å². The number of imidazole rings is 1. The number of aliphatic imine (C=N–C) groups is 1. The quantitative estimate of drug-likeness (QED) is 0.535. The molecule has 5 rings (SSSR count). The zero-order valence-electron chi connectivity index (χ0n) is 15.9. The van der Waals surface area contributed by atoms with Gasteiger partial charge in [-0.2, -0.15) is 0 Å². The lowest BCUT2D eigenvalue weighted by Gasteiger charge is -2.12. The van der Waals surface area contributed by atoms with Crippen LogP contribution >= 0.6 is 11.3 Å². The minimum atomic E-state index is -1.19. The second kappa shape index (κ2) is 6.81. The summed E-state index contributed by atoms with van der Waals surface area (Å²) in [4.78, 5) is 9.63. The van der Waals surface area contributed by atoms with Crippen molar-refractivity contribution in [3.63, 3.8) is 0 Å². The first-order chi connectivity index (χ1) is 14.0. The molecule has 0 aliphatic carbocycles. The van der Waals surface area contributed by atoms with Gasteiger partial charge in [-0.3, -0.25) is 9.56 Å². The molecule has 0 N–H and O–H groups in total. The van der Waals surface area contributed by atoms with Crippen molar-refractivity contribution in [2.24, 2.45) is 4.99 Å². The van der Waals surface area contributed by atoms with Crippen molar-refractivity contribution in [3.05, 3.63) is 69.1 Å². The number of thiophene rings is 1. The first-order valence-corrected chi connectivity index (χ1v) is 10.2. The fraction of sp³-hybridized carbons (Fsp3) is 0.333. The molecule has 0 amide bonds. The Kier molecular flexibility index (Phi) is 4.36. The minimum Gasteiger partial charge on any atom is -0.377 e. The van der Waals surface area contributed by atoms with Gasteiger partial charge >= 0.3 is 0 Å². The summed E-state index contributed by atoms with van der Waals surface area (Å²) in [6.45, 7) is 4.18. The number of fused-ring (bicyclic) bond motifs is 5. The highest BCUT2D eigenvalue weighted by atomic mass is 32.1. The van der Waals surface area contributed by atoms with E-state index in [1.54, 1.807) is 6.20 Å². The van der Waals surface area contributed by atoms with Crippen LogP contribution in [0.1, 0.15) is 58.6 Å². The number of rotatable bonds is 1. The van der Waals surface area contributed by atoms with E-state index < -0.39 is 17.8 Å². The summed E-state index contributed by atoms with van der Waals surface area (Å²) in [5.41, 5.74) is 1.94. The fourth-order valence-corrected chi connectivity index (χ4v) is 5.41. The lowest BCUT2D eigenvalue weighted by Crippen LogP contribution is -2.13. The Bertz CT molecular complexity index is 1130. The van der Waals surface area contributed by atoms with Gasteiger partial charge in [0.05, 0.1) is 42.4 Å². The smallest absolute Gasteiger partial charge is 0.137 e. The molecule has 0 unspecified atom stereocenters. The molecule has 150 valence electrons. The standard InChI is InChI=1S/C21H18F3N3OS/c1-10-16-8-25-11(2)27(16)21-17(12-9-28-7-6-15(24)20(12)29-21)19(26-10)18-13(22)4-3-5-14(18)23/h3-5,8,10,15H,6-7,9H2,1-2H3/t10-,15+/m0/s1. The maximum absolute atomic E-state index is 14.9. The maximum Gasteiger partial charge on any atom is 0.137 e. The van der Waals surface area contributed by atoms with Crippen LogP contribution in [0.15, 0.2) is 29.4 Å². The number of nitrogens with zero attached hydrogens (tertiary/aromatic N) is 3. The Hall–Kier alpha value is -2.45. The first-order valence-electron chi connectivity index (χ1n) is 9.42. The van der Waals surface area contributed by atoms with E-state index in [9.17, 15) is 13.2 Å². The highest BCUT2D eigenvalue weighted by Crippen LogP contribution is 2.45. The molecule has 2 aromatic heterocycles. The molecule has 8 heteroatoms. The predicted octanol–water partition coefficient (Wildman–Crippen LogP) is 5.36. The van der Waals surface area contributed by atoms with Crippen molar-refractivity contribution in [1.82, 2.24) is 9.55 Å². The molecule has 0 fully saturated rings. The van der Waals surface area contributed by atoms with Crippen molar-refractivity contribution in [2.75, 3.05) is 6.61 Å². The Balaban J connectivity index is 1.88. The molecule has 2 aliphatic rings. The number of halogens is 3. The van der Waals surface area contributed by atoms with Crippen molar-refractivity contribution >= 4 is 17.0 Å². The van der Waals surface area contributed by atoms with Gasteiger partial charge in [0.2, 0.25) is 0 Å². The van der Waals surface area contributed by atoms with Crippen molar-refractivity contribution in [2.45, 2.75) is 39.1 Å². The van der Waals surface area contributed by atoms with Crippen LogP contribution in [0.5, 0.6) is 0 Å². The summed E-state index contributed by atoms with van der Waals surface area (Å²) >= 11 is 1.29. The van der Waals surface area contributed by atoms with E-state index in [2.05, 4.69) is 4.98 Å². The van der Waals surface area contributed by atoms with Gasteiger partial charge in [-0.05, 0) is 26.0 Å². The highest BCUT2D eigenvalue weighted by molar-refractivity contribution is 7.15. The van der Waals surface area contributed by atoms with E-state index in [-0.39, 0.29) is 30.3 Å². The second-order valence-electron chi connectivity index (χ2n) is 7.25. The third-order valence-corrected chi connectivity index (χ3v) is 6.72. The van der Waals surface area contributed by atoms with Crippen LogP contribution in [0, 0.1) is 18.6 Å². The molecule has 4 nitrogen and oxygen atoms in total. The minimum absolute atomic E-state index is 0.175.